The normalized spacial score (nSPS) is 12.2. The van der Waals surface area contributed by atoms with Gasteiger partial charge in [-0.3, -0.25) is 9.59 Å². The van der Waals surface area contributed by atoms with Gasteiger partial charge in [0.2, 0.25) is 11.8 Å². The Balaban J connectivity index is 3.85. The fourth-order valence-electron chi connectivity index (χ4n) is 0.575. The van der Waals surface area contributed by atoms with E-state index in [-0.39, 0.29) is 18.1 Å². The van der Waals surface area contributed by atoms with E-state index in [2.05, 4.69) is 30.6 Å². The highest BCUT2D eigenvalue weighted by Gasteiger charge is 2.14. The van der Waals surface area contributed by atoms with Crippen molar-refractivity contribution >= 4 is 37.1 Å². The number of hydrogen-bond acceptors (Lipinski definition) is 4. The Bertz CT molecular complexity index is 175. The summed E-state index contributed by atoms with van der Waals surface area (Å²) >= 11 is 7.73. The molecule has 70 valence electrons. The van der Waals surface area contributed by atoms with Crippen LogP contribution in [0.15, 0.2) is 0 Å². The number of hydrogen-bond donors (Lipinski definition) is 4. The summed E-state index contributed by atoms with van der Waals surface area (Å²) in [6, 6.07) is -0.680. The average molecular weight is 208 g/mol. The highest BCUT2D eigenvalue weighted by atomic mass is 32.1. The Kier molecular flexibility index (Phi) is 6.00. The molecule has 12 heavy (non-hydrogen) atoms. The van der Waals surface area contributed by atoms with Gasteiger partial charge in [-0.15, -0.1) is 0 Å². The fraction of sp³-hybridized carbons (Fsp3) is 0.667. The Morgan fingerprint density at radius 1 is 1.42 bits per heavy atom. The van der Waals surface area contributed by atoms with Crippen LogP contribution in [0.1, 0.15) is 6.42 Å². The van der Waals surface area contributed by atoms with Gasteiger partial charge in [0, 0.05) is 12.2 Å². The first-order valence-electron chi connectivity index (χ1n) is 3.42. The lowest BCUT2D eigenvalue weighted by atomic mass is 10.3. The van der Waals surface area contributed by atoms with Crippen LogP contribution in [0.4, 0.5) is 0 Å². The number of thiol groups is 2. The van der Waals surface area contributed by atoms with Crippen LogP contribution in [0.25, 0.3) is 0 Å². The lowest BCUT2D eigenvalue weighted by Crippen LogP contribution is -2.45. The van der Waals surface area contributed by atoms with Crippen LogP contribution >= 0.6 is 25.3 Å². The highest BCUT2D eigenvalue weighted by Crippen LogP contribution is 1.90. The first kappa shape index (κ1) is 11.6. The molecule has 0 aromatic heterocycles. The van der Waals surface area contributed by atoms with Crippen molar-refractivity contribution in [1.82, 2.24) is 5.32 Å². The van der Waals surface area contributed by atoms with Crippen LogP contribution in [-0.4, -0.2) is 29.4 Å². The number of nitrogens with one attached hydrogen (secondary N) is 1. The molecule has 0 radical (unpaired) electrons. The maximum absolute atomic E-state index is 10.9. The molecule has 0 heterocycles. The minimum Gasteiger partial charge on any atom is -0.368 e. The summed E-state index contributed by atoms with van der Waals surface area (Å²) in [5, 5.41) is 2.43. The van der Waals surface area contributed by atoms with E-state index in [1.54, 1.807) is 0 Å². The third-order valence-corrected chi connectivity index (χ3v) is 1.79. The maximum atomic E-state index is 10.9. The molecule has 0 saturated heterocycles. The molecule has 1 atom stereocenters. The average Bonchev–Trinajstić information content (AvgIpc) is 2.00. The van der Waals surface area contributed by atoms with Crippen LogP contribution in [0, 0.1) is 0 Å². The van der Waals surface area contributed by atoms with Gasteiger partial charge in [-0.2, -0.15) is 25.3 Å². The molecule has 0 aromatic carbocycles. The molecule has 0 bridgehead atoms. The molecule has 2 amide bonds. The predicted octanol–water partition coefficient (Wildman–Crippen LogP) is -0.794. The van der Waals surface area contributed by atoms with Gasteiger partial charge in [0.05, 0.1) is 0 Å². The van der Waals surface area contributed by atoms with Crippen molar-refractivity contribution in [1.29, 1.82) is 0 Å². The van der Waals surface area contributed by atoms with Crippen LogP contribution in [-0.2, 0) is 9.59 Å². The smallest absolute Gasteiger partial charge is 0.240 e. The number of rotatable bonds is 5. The molecule has 0 aromatic rings. The van der Waals surface area contributed by atoms with E-state index >= 15 is 0 Å². The fourth-order valence-corrected chi connectivity index (χ4v) is 1.05. The van der Waals surface area contributed by atoms with Gasteiger partial charge in [-0.25, -0.2) is 0 Å². The van der Waals surface area contributed by atoms with Crippen molar-refractivity contribution in [2.24, 2.45) is 5.73 Å². The lowest BCUT2D eigenvalue weighted by Gasteiger charge is -2.11. The molecule has 0 fully saturated rings. The van der Waals surface area contributed by atoms with E-state index in [1.165, 1.54) is 0 Å². The van der Waals surface area contributed by atoms with Gasteiger partial charge < -0.3 is 11.1 Å². The van der Waals surface area contributed by atoms with Crippen molar-refractivity contribution < 1.29 is 9.59 Å². The standard InChI is InChI=1S/C6H12N2O2S2/c7-6(10)4(3-12)8-5(9)1-2-11/h4,11-12H,1-3H2,(H2,7,10)(H,8,9). The maximum Gasteiger partial charge on any atom is 0.240 e. The largest absolute Gasteiger partial charge is 0.368 e. The minimum absolute atomic E-state index is 0.216. The molecule has 0 spiro atoms. The van der Waals surface area contributed by atoms with Crippen molar-refractivity contribution in [3.63, 3.8) is 0 Å². The highest BCUT2D eigenvalue weighted by molar-refractivity contribution is 7.80. The summed E-state index contributed by atoms with van der Waals surface area (Å²) in [4.78, 5) is 21.5. The van der Waals surface area contributed by atoms with Gasteiger partial charge in [0.15, 0.2) is 0 Å². The predicted molar refractivity (Wildman–Crippen MR) is 53.4 cm³/mol. The molecule has 4 nitrogen and oxygen atoms in total. The molecule has 0 aliphatic carbocycles. The molecular weight excluding hydrogens is 196 g/mol. The van der Waals surface area contributed by atoms with Crippen LogP contribution in [0.2, 0.25) is 0 Å². The van der Waals surface area contributed by atoms with E-state index in [9.17, 15) is 9.59 Å². The molecule has 3 N–H and O–H groups in total. The Labute approximate surface area is 82.1 Å². The van der Waals surface area contributed by atoms with Gasteiger partial charge in [0.1, 0.15) is 6.04 Å². The van der Waals surface area contributed by atoms with Gasteiger partial charge in [0.25, 0.3) is 0 Å². The van der Waals surface area contributed by atoms with E-state index in [1.807, 2.05) is 0 Å². The number of carbonyl (C=O) groups excluding carboxylic acids is 2. The summed E-state index contributed by atoms with van der Waals surface area (Å²) < 4.78 is 0. The van der Waals surface area contributed by atoms with Crippen molar-refractivity contribution in [2.45, 2.75) is 12.5 Å². The van der Waals surface area contributed by atoms with Crippen LogP contribution < -0.4 is 11.1 Å². The Morgan fingerprint density at radius 3 is 2.33 bits per heavy atom. The third kappa shape index (κ3) is 4.50. The second-order valence-electron chi connectivity index (χ2n) is 2.18. The minimum atomic E-state index is -0.680. The number of carbonyl (C=O) groups is 2. The molecular formula is C6H12N2O2S2. The zero-order chi connectivity index (χ0) is 9.56. The van der Waals surface area contributed by atoms with Crippen LogP contribution in [0.3, 0.4) is 0 Å². The zero-order valence-corrected chi connectivity index (χ0v) is 8.28. The molecule has 0 aliphatic heterocycles. The Morgan fingerprint density at radius 2 is 2.00 bits per heavy atom. The molecule has 0 aliphatic rings. The first-order valence-corrected chi connectivity index (χ1v) is 4.68. The number of amides is 2. The summed E-state index contributed by atoms with van der Waals surface area (Å²) in [6.45, 7) is 0. The van der Waals surface area contributed by atoms with Gasteiger partial charge >= 0.3 is 0 Å². The van der Waals surface area contributed by atoms with Crippen molar-refractivity contribution in [2.75, 3.05) is 11.5 Å². The summed E-state index contributed by atoms with van der Waals surface area (Å²) in [6.07, 6.45) is 0.278. The molecule has 0 rings (SSSR count). The van der Waals surface area contributed by atoms with Crippen LogP contribution in [0.5, 0.6) is 0 Å². The van der Waals surface area contributed by atoms with Crippen molar-refractivity contribution in [3.8, 4) is 0 Å². The number of primary amides is 1. The van der Waals surface area contributed by atoms with E-state index in [0.29, 0.717) is 5.75 Å². The van der Waals surface area contributed by atoms with E-state index < -0.39 is 11.9 Å². The monoisotopic (exact) mass is 208 g/mol. The lowest BCUT2D eigenvalue weighted by molar-refractivity contribution is -0.126. The summed E-state index contributed by atoms with van der Waals surface area (Å²) in [7, 11) is 0. The van der Waals surface area contributed by atoms with Crippen molar-refractivity contribution in [3.05, 3.63) is 0 Å². The molecule has 1 unspecified atom stereocenters. The number of nitrogens with two attached hydrogens (primary N) is 1. The van der Waals surface area contributed by atoms with E-state index in [0.717, 1.165) is 0 Å². The quantitative estimate of drug-likeness (QED) is 0.447. The summed E-state index contributed by atoms with van der Waals surface area (Å²) in [5.41, 5.74) is 4.97. The first-order chi connectivity index (χ1) is 5.61. The summed E-state index contributed by atoms with van der Waals surface area (Å²) in [5.74, 6) is -0.141. The molecule has 6 heteroatoms. The zero-order valence-electron chi connectivity index (χ0n) is 6.49. The molecule has 0 saturated carbocycles. The second kappa shape index (κ2) is 6.19. The topological polar surface area (TPSA) is 72.2 Å². The Hall–Kier alpha value is -0.360. The van der Waals surface area contributed by atoms with E-state index in [4.69, 9.17) is 5.73 Å². The third-order valence-electron chi connectivity index (χ3n) is 1.20. The van der Waals surface area contributed by atoms with Gasteiger partial charge in [-0.1, -0.05) is 0 Å². The van der Waals surface area contributed by atoms with Gasteiger partial charge in [-0.05, 0) is 5.75 Å². The second-order valence-corrected chi connectivity index (χ2v) is 2.99. The SMILES string of the molecule is NC(=O)C(CS)NC(=O)CCS.